The number of fused-ring (bicyclic) bond motifs is 6. The number of benzene rings is 7. The molecule has 7 aromatic carbocycles. The van der Waals surface area contributed by atoms with Gasteiger partial charge in [0.05, 0.1) is 35.2 Å². The summed E-state index contributed by atoms with van der Waals surface area (Å²) in [5.74, 6) is 0. The molecule has 2 heterocycles. The average molecular weight is 611 g/mol. The Labute approximate surface area is 277 Å². The summed E-state index contributed by atoms with van der Waals surface area (Å²) < 4.78 is 4.52. The first-order valence-electron chi connectivity index (χ1n) is 15.8. The van der Waals surface area contributed by atoms with E-state index in [0.29, 0.717) is 11.4 Å². The van der Waals surface area contributed by atoms with E-state index >= 15 is 0 Å². The Morgan fingerprint density at radius 3 is 1.69 bits per heavy atom. The smallest absolute Gasteiger partial charge is 0.211 e. The van der Waals surface area contributed by atoms with Gasteiger partial charge in [0.15, 0.2) is 5.69 Å². The van der Waals surface area contributed by atoms with Crippen LogP contribution in [0.15, 0.2) is 158 Å². The van der Waals surface area contributed by atoms with Crippen molar-refractivity contribution in [3.05, 3.63) is 181 Å². The van der Waals surface area contributed by atoms with Gasteiger partial charge in [-0.1, -0.05) is 121 Å². The van der Waals surface area contributed by atoms with E-state index in [4.69, 9.17) is 13.1 Å². The van der Waals surface area contributed by atoms with Crippen molar-refractivity contribution < 1.29 is 0 Å². The van der Waals surface area contributed by atoms with Crippen molar-refractivity contribution in [3.63, 3.8) is 0 Å². The monoisotopic (exact) mass is 610 g/mol. The summed E-state index contributed by atoms with van der Waals surface area (Å²) >= 11 is 0. The minimum atomic E-state index is 0.595. The van der Waals surface area contributed by atoms with Gasteiger partial charge >= 0.3 is 0 Å². The minimum Gasteiger partial charge on any atom is -0.319 e. The van der Waals surface area contributed by atoms with E-state index in [9.17, 15) is 0 Å². The Morgan fingerprint density at radius 1 is 0.417 bits per heavy atom. The highest BCUT2D eigenvalue weighted by molar-refractivity contribution is 6.13. The van der Waals surface area contributed by atoms with Crippen LogP contribution in [0.5, 0.6) is 0 Å². The summed E-state index contributed by atoms with van der Waals surface area (Å²) in [5, 5.41) is 4.55. The lowest BCUT2D eigenvalue weighted by atomic mass is 9.93. The third-order valence-electron chi connectivity index (χ3n) is 9.36. The molecule has 9 aromatic rings. The van der Waals surface area contributed by atoms with Crippen molar-refractivity contribution in [3.8, 4) is 33.6 Å². The van der Waals surface area contributed by atoms with Gasteiger partial charge in [-0.2, -0.15) is 0 Å². The van der Waals surface area contributed by atoms with Crippen molar-refractivity contribution >= 4 is 55.0 Å². The van der Waals surface area contributed by atoms with Gasteiger partial charge in [-0.25, -0.2) is 9.69 Å². The van der Waals surface area contributed by atoms with E-state index in [1.54, 1.807) is 0 Å². The maximum absolute atomic E-state index is 7.96. The normalized spacial score (nSPS) is 11.3. The Morgan fingerprint density at radius 2 is 1.00 bits per heavy atom. The fourth-order valence-electron chi connectivity index (χ4n) is 7.33. The fraction of sp³-hybridized carbons (Fsp3) is 0. The second kappa shape index (κ2) is 10.9. The molecule has 0 aliphatic carbocycles. The molecule has 0 unspecified atom stereocenters. The lowest BCUT2D eigenvalue weighted by molar-refractivity contribution is 1.18. The number of aromatic nitrogens is 2. The van der Waals surface area contributed by atoms with Crippen LogP contribution < -0.4 is 0 Å². The molecule has 0 aliphatic rings. The largest absolute Gasteiger partial charge is 0.319 e. The highest BCUT2D eigenvalue weighted by atomic mass is 15.0. The van der Waals surface area contributed by atoms with Crippen LogP contribution in [-0.4, -0.2) is 9.13 Å². The van der Waals surface area contributed by atoms with Crippen LogP contribution in [0, 0.1) is 13.1 Å². The molecule has 0 aliphatic heterocycles. The summed E-state index contributed by atoms with van der Waals surface area (Å²) in [6, 6.07) is 54.4. The van der Waals surface area contributed by atoms with E-state index < -0.39 is 0 Å². The number of hydrogen-bond donors (Lipinski definition) is 0. The Kier molecular flexibility index (Phi) is 6.22. The van der Waals surface area contributed by atoms with Crippen molar-refractivity contribution in [1.82, 2.24) is 9.13 Å². The molecule has 2 aromatic heterocycles. The van der Waals surface area contributed by atoms with E-state index in [1.807, 2.05) is 24.3 Å². The summed E-state index contributed by atoms with van der Waals surface area (Å²) in [5.41, 5.74) is 11.6. The molecular weight excluding hydrogens is 585 g/mol. The molecule has 0 fully saturated rings. The van der Waals surface area contributed by atoms with Gasteiger partial charge in [-0.3, -0.25) is 0 Å². The van der Waals surface area contributed by atoms with Gasteiger partial charge in [0.1, 0.15) is 0 Å². The van der Waals surface area contributed by atoms with E-state index in [2.05, 4.69) is 152 Å². The molecule has 0 radical (unpaired) electrons. The second-order valence-corrected chi connectivity index (χ2v) is 11.9. The van der Waals surface area contributed by atoms with Crippen LogP contribution in [0.3, 0.4) is 0 Å². The zero-order valence-electron chi connectivity index (χ0n) is 25.8. The van der Waals surface area contributed by atoms with Crippen LogP contribution in [0.1, 0.15) is 0 Å². The zero-order valence-corrected chi connectivity index (χ0v) is 25.8. The van der Waals surface area contributed by atoms with Crippen LogP contribution >= 0.6 is 0 Å². The van der Waals surface area contributed by atoms with E-state index in [1.165, 1.54) is 10.8 Å². The van der Waals surface area contributed by atoms with Gasteiger partial charge < -0.3 is 9.13 Å². The molecular formula is C44H26N4. The zero-order chi connectivity index (χ0) is 32.2. The molecule has 4 nitrogen and oxygen atoms in total. The van der Waals surface area contributed by atoms with Gasteiger partial charge in [0.2, 0.25) is 5.69 Å². The first-order valence-corrected chi connectivity index (χ1v) is 15.8. The van der Waals surface area contributed by atoms with Crippen LogP contribution in [0.4, 0.5) is 11.4 Å². The molecule has 0 saturated carbocycles. The van der Waals surface area contributed by atoms with Gasteiger partial charge in [0.25, 0.3) is 0 Å². The molecule has 0 spiro atoms. The Balaban J connectivity index is 1.29. The molecule has 0 atom stereocenters. The number of rotatable bonds is 4. The van der Waals surface area contributed by atoms with Crippen molar-refractivity contribution in [1.29, 1.82) is 0 Å². The molecule has 0 saturated heterocycles. The summed E-state index contributed by atoms with van der Waals surface area (Å²) in [7, 11) is 0. The Bertz CT molecular complexity index is 2760. The third kappa shape index (κ3) is 4.07. The van der Waals surface area contributed by atoms with Crippen molar-refractivity contribution in [2.75, 3.05) is 0 Å². The highest BCUT2D eigenvalue weighted by Gasteiger charge is 2.19. The first kappa shape index (κ1) is 27.4. The lowest BCUT2D eigenvalue weighted by Gasteiger charge is -2.18. The number of hydrogen-bond acceptors (Lipinski definition) is 0. The minimum absolute atomic E-state index is 0.595. The predicted octanol–water partition coefficient (Wildman–Crippen LogP) is 12.3. The average Bonchev–Trinajstić information content (AvgIpc) is 3.68. The molecule has 222 valence electrons. The van der Waals surface area contributed by atoms with Gasteiger partial charge in [-0.15, -0.1) is 0 Å². The van der Waals surface area contributed by atoms with Crippen molar-refractivity contribution in [2.24, 2.45) is 0 Å². The number of nitrogens with zero attached hydrogens (tertiary/aromatic N) is 4. The summed E-state index contributed by atoms with van der Waals surface area (Å²) in [6.07, 6.45) is 0. The molecule has 4 heteroatoms. The van der Waals surface area contributed by atoms with Crippen LogP contribution in [-0.2, 0) is 0 Å². The second-order valence-electron chi connectivity index (χ2n) is 11.9. The SMILES string of the molecule is [C-]#[N+]c1ccc(-c2ccccc2-c2cccc(-n3c4ccccc4c4cccc([N+]#[C-])c43)c2)c(-n2c3ccccc3c3ccccc32)c1. The highest BCUT2D eigenvalue weighted by Crippen LogP contribution is 2.42. The van der Waals surface area contributed by atoms with Gasteiger partial charge in [0, 0.05) is 33.1 Å². The third-order valence-corrected chi connectivity index (χ3v) is 9.36. The maximum Gasteiger partial charge on any atom is 0.211 e. The van der Waals surface area contributed by atoms with Crippen molar-refractivity contribution in [2.45, 2.75) is 0 Å². The summed E-state index contributed by atoms with van der Waals surface area (Å²) in [6.45, 7) is 15.8. The standard InChI is InChI=1S/C44H26N4/c1-45-30-25-26-37(43(28-30)48-41-23-9-5-17-34(41)35-18-6-10-24-42(35)48)33-16-4-3-15-32(33)29-13-11-14-31(27-29)47-40-22-8-7-19-36(40)38-20-12-21-39(46-2)44(38)47/h3-28H. The summed E-state index contributed by atoms with van der Waals surface area (Å²) in [4.78, 5) is 7.75. The Hall–Kier alpha value is -6.88. The first-order chi connectivity index (χ1) is 23.7. The topological polar surface area (TPSA) is 18.6 Å². The van der Waals surface area contributed by atoms with Crippen LogP contribution in [0.25, 0.3) is 86.9 Å². The number of para-hydroxylation sites is 4. The molecule has 0 N–H and O–H groups in total. The molecule has 9 rings (SSSR count). The van der Waals surface area contributed by atoms with E-state index in [-0.39, 0.29) is 0 Å². The fourth-order valence-corrected chi connectivity index (χ4v) is 7.33. The maximum atomic E-state index is 7.96. The predicted molar refractivity (Wildman–Crippen MR) is 199 cm³/mol. The quantitative estimate of drug-likeness (QED) is 0.177. The lowest BCUT2D eigenvalue weighted by Crippen LogP contribution is -1.98. The van der Waals surface area contributed by atoms with Crippen LogP contribution in [0.2, 0.25) is 0 Å². The molecule has 0 bridgehead atoms. The molecule has 48 heavy (non-hydrogen) atoms. The molecule has 0 amide bonds. The van der Waals surface area contributed by atoms with E-state index in [0.717, 1.165) is 66.5 Å². The van der Waals surface area contributed by atoms with Gasteiger partial charge in [-0.05, 0) is 58.5 Å².